The number of carbonyl (C=O) groups excluding carboxylic acids is 1. The highest BCUT2D eigenvalue weighted by molar-refractivity contribution is 7.20. The molecule has 0 atom stereocenters. The number of hydrogen-bond donors (Lipinski definition) is 1. The summed E-state index contributed by atoms with van der Waals surface area (Å²) in [7, 11) is 0. The lowest BCUT2D eigenvalue weighted by Gasteiger charge is -1.83. The van der Waals surface area contributed by atoms with E-state index in [0.29, 0.717) is 0 Å². The van der Waals surface area contributed by atoms with E-state index < -0.39 is 0 Å². The van der Waals surface area contributed by atoms with Gasteiger partial charge in [-0.2, -0.15) is 0 Å². The van der Waals surface area contributed by atoms with Crippen LogP contribution in [0.1, 0.15) is 22.3 Å². The fourth-order valence-electron chi connectivity index (χ4n) is 1.23. The summed E-state index contributed by atoms with van der Waals surface area (Å²) >= 11 is 1.55. The second kappa shape index (κ2) is 2.45. The number of fused-ring (bicyclic) bond motifs is 1. The maximum absolute atomic E-state index is 11.0. The zero-order valence-electron chi connectivity index (χ0n) is 6.97. The van der Waals surface area contributed by atoms with Gasteiger partial charge in [0.25, 0.3) is 0 Å². The van der Waals surface area contributed by atoms with E-state index in [-0.39, 0.29) is 5.78 Å². The topological polar surface area (TPSA) is 32.9 Å². The van der Waals surface area contributed by atoms with Crippen LogP contribution >= 0.6 is 11.3 Å². The van der Waals surface area contributed by atoms with Crippen molar-refractivity contribution < 1.29 is 4.79 Å². The van der Waals surface area contributed by atoms with Crippen LogP contribution in [0.5, 0.6) is 0 Å². The lowest BCUT2D eigenvalue weighted by Crippen LogP contribution is -1.84. The average molecular weight is 179 g/mol. The first-order chi connectivity index (χ1) is 5.66. The first-order valence-corrected chi connectivity index (χ1v) is 4.58. The minimum absolute atomic E-state index is 0.141. The van der Waals surface area contributed by atoms with Gasteiger partial charge in [0, 0.05) is 5.69 Å². The highest BCUT2D eigenvalue weighted by Crippen LogP contribution is 2.25. The predicted octanol–water partition coefficient (Wildman–Crippen LogP) is 2.74. The van der Waals surface area contributed by atoms with Gasteiger partial charge < -0.3 is 4.98 Å². The summed E-state index contributed by atoms with van der Waals surface area (Å²) in [6.07, 6.45) is 0. The second-order valence-electron chi connectivity index (χ2n) is 2.90. The highest BCUT2D eigenvalue weighted by Gasteiger charge is 2.06. The fourth-order valence-corrected chi connectivity index (χ4v) is 2.24. The molecule has 0 aliphatic heterocycles. The van der Waals surface area contributed by atoms with Crippen LogP contribution in [0.25, 0.3) is 10.2 Å². The Morgan fingerprint density at radius 1 is 1.50 bits per heavy atom. The van der Waals surface area contributed by atoms with Gasteiger partial charge in [-0.3, -0.25) is 4.79 Å². The zero-order valence-corrected chi connectivity index (χ0v) is 7.79. The monoisotopic (exact) mass is 179 g/mol. The third kappa shape index (κ3) is 1.06. The van der Waals surface area contributed by atoms with Crippen molar-refractivity contribution in [2.75, 3.05) is 0 Å². The largest absolute Gasteiger partial charge is 0.358 e. The Morgan fingerprint density at radius 3 is 2.83 bits per heavy atom. The molecule has 62 valence electrons. The SMILES string of the molecule is CC(=O)c1cc2[nH]c(C)cc2s1. The maximum atomic E-state index is 11.0. The molecule has 3 heteroatoms. The van der Waals surface area contributed by atoms with Crippen LogP contribution in [0.4, 0.5) is 0 Å². The molecular weight excluding hydrogens is 170 g/mol. The van der Waals surface area contributed by atoms with Crippen LogP contribution in [0.2, 0.25) is 0 Å². The van der Waals surface area contributed by atoms with Crippen molar-refractivity contribution in [1.29, 1.82) is 0 Å². The third-order valence-electron chi connectivity index (χ3n) is 1.79. The van der Waals surface area contributed by atoms with Crippen molar-refractivity contribution in [2.45, 2.75) is 13.8 Å². The Hall–Kier alpha value is -1.09. The van der Waals surface area contributed by atoms with Crippen LogP contribution in [0.3, 0.4) is 0 Å². The number of ketones is 1. The molecule has 2 nitrogen and oxygen atoms in total. The first kappa shape index (κ1) is 7.55. The molecule has 0 saturated carbocycles. The summed E-state index contributed by atoms with van der Waals surface area (Å²) < 4.78 is 1.16. The molecule has 0 spiro atoms. The number of hydrogen-bond acceptors (Lipinski definition) is 2. The summed E-state index contributed by atoms with van der Waals surface area (Å²) in [6, 6.07) is 3.97. The number of aromatic nitrogens is 1. The van der Waals surface area contributed by atoms with E-state index in [4.69, 9.17) is 0 Å². The second-order valence-corrected chi connectivity index (χ2v) is 3.98. The van der Waals surface area contributed by atoms with Gasteiger partial charge in [0.15, 0.2) is 5.78 Å². The van der Waals surface area contributed by atoms with Crippen LogP contribution in [-0.2, 0) is 0 Å². The van der Waals surface area contributed by atoms with Gasteiger partial charge in [-0.1, -0.05) is 0 Å². The molecule has 12 heavy (non-hydrogen) atoms. The lowest BCUT2D eigenvalue weighted by molar-refractivity contribution is 0.102. The van der Waals surface area contributed by atoms with Crippen molar-refractivity contribution in [3.05, 3.63) is 22.7 Å². The van der Waals surface area contributed by atoms with Gasteiger partial charge in [-0.05, 0) is 26.0 Å². The van der Waals surface area contributed by atoms with E-state index in [1.807, 2.05) is 13.0 Å². The Bertz CT molecular complexity index is 407. The van der Waals surface area contributed by atoms with E-state index in [9.17, 15) is 4.79 Å². The number of H-pyrrole nitrogens is 1. The van der Waals surface area contributed by atoms with Crippen molar-refractivity contribution in [1.82, 2.24) is 4.98 Å². The van der Waals surface area contributed by atoms with Crippen molar-refractivity contribution in [2.24, 2.45) is 0 Å². The van der Waals surface area contributed by atoms with Crippen LogP contribution < -0.4 is 0 Å². The number of rotatable bonds is 1. The number of carbonyl (C=O) groups is 1. The average Bonchev–Trinajstić information content (AvgIpc) is 2.42. The van der Waals surface area contributed by atoms with Gasteiger partial charge in [0.1, 0.15) is 0 Å². The molecule has 2 rings (SSSR count). The number of nitrogens with one attached hydrogen (secondary N) is 1. The van der Waals surface area contributed by atoms with E-state index in [0.717, 1.165) is 20.8 Å². The highest BCUT2D eigenvalue weighted by atomic mass is 32.1. The third-order valence-corrected chi connectivity index (χ3v) is 2.97. The standard InChI is InChI=1S/C9H9NOS/c1-5-3-9-7(10-5)4-8(12-9)6(2)11/h3-4,10H,1-2H3. The van der Waals surface area contributed by atoms with Gasteiger partial charge in [0.2, 0.25) is 0 Å². The first-order valence-electron chi connectivity index (χ1n) is 3.77. The maximum Gasteiger partial charge on any atom is 0.169 e. The van der Waals surface area contributed by atoms with Gasteiger partial charge in [0.05, 0.1) is 15.1 Å². The Kier molecular flexibility index (Phi) is 1.54. The molecular formula is C9H9NOS. The normalized spacial score (nSPS) is 10.8. The fraction of sp³-hybridized carbons (Fsp3) is 0.222. The van der Waals surface area contributed by atoms with Gasteiger partial charge >= 0.3 is 0 Å². The lowest BCUT2D eigenvalue weighted by atomic mass is 10.3. The molecule has 1 N–H and O–H groups in total. The molecule has 0 unspecified atom stereocenters. The van der Waals surface area contributed by atoms with Gasteiger partial charge in [-0.25, -0.2) is 0 Å². The number of thiophene rings is 1. The molecule has 2 heterocycles. The summed E-state index contributed by atoms with van der Waals surface area (Å²) in [5.41, 5.74) is 2.22. The smallest absolute Gasteiger partial charge is 0.169 e. The van der Waals surface area contributed by atoms with Crippen molar-refractivity contribution >= 4 is 27.3 Å². The van der Waals surface area contributed by atoms with E-state index in [2.05, 4.69) is 11.1 Å². The molecule has 0 fully saturated rings. The molecule has 0 amide bonds. The minimum Gasteiger partial charge on any atom is -0.358 e. The molecule has 0 aliphatic rings. The van der Waals surface area contributed by atoms with Gasteiger partial charge in [-0.15, -0.1) is 11.3 Å². The predicted molar refractivity (Wildman–Crippen MR) is 50.9 cm³/mol. The molecule has 0 aliphatic carbocycles. The Balaban J connectivity index is 2.64. The summed E-state index contributed by atoms with van der Waals surface area (Å²) in [5.74, 6) is 0.141. The van der Waals surface area contributed by atoms with Crippen molar-refractivity contribution in [3.8, 4) is 0 Å². The molecule has 0 radical (unpaired) electrons. The van der Waals surface area contributed by atoms with Crippen molar-refractivity contribution in [3.63, 3.8) is 0 Å². The summed E-state index contributed by atoms with van der Waals surface area (Å²) in [5, 5.41) is 0. The molecule has 0 bridgehead atoms. The molecule has 2 aromatic rings. The zero-order chi connectivity index (χ0) is 8.72. The summed E-state index contributed by atoms with van der Waals surface area (Å²) in [6.45, 7) is 3.61. The quantitative estimate of drug-likeness (QED) is 0.671. The van der Waals surface area contributed by atoms with Crippen LogP contribution in [0, 0.1) is 6.92 Å². The van der Waals surface area contributed by atoms with E-state index >= 15 is 0 Å². The number of Topliss-reactive ketones (excluding diaryl/α,β-unsaturated/α-hetero) is 1. The molecule has 0 saturated heterocycles. The van der Waals surface area contributed by atoms with Crippen LogP contribution in [-0.4, -0.2) is 10.8 Å². The molecule has 2 aromatic heterocycles. The number of aryl methyl sites for hydroxylation is 1. The van der Waals surface area contributed by atoms with E-state index in [1.165, 1.54) is 0 Å². The Morgan fingerprint density at radius 2 is 2.25 bits per heavy atom. The summed E-state index contributed by atoms with van der Waals surface area (Å²) in [4.78, 5) is 15.0. The van der Waals surface area contributed by atoms with E-state index in [1.54, 1.807) is 18.3 Å². The van der Waals surface area contributed by atoms with Crippen LogP contribution in [0.15, 0.2) is 12.1 Å². The minimum atomic E-state index is 0.141. The number of aromatic amines is 1. The molecule has 0 aromatic carbocycles. The Labute approximate surface area is 74.2 Å².